The third-order valence-electron chi connectivity index (χ3n) is 3.39. The van der Waals surface area contributed by atoms with Crippen molar-refractivity contribution in [2.24, 2.45) is 0 Å². The minimum Gasteiger partial charge on any atom is -0.465 e. The van der Waals surface area contributed by atoms with Gasteiger partial charge in [0.2, 0.25) is 0 Å². The zero-order valence-corrected chi connectivity index (χ0v) is 17.7. The van der Waals surface area contributed by atoms with Gasteiger partial charge in [-0.2, -0.15) is 0 Å². The van der Waals surface area contributed by atoms with E-state index in [9.17, 15) is 9.59 Å². The van der Waals surface area contributed by atoms with Gasteiger partial charge in [0.15, 0.2) is 0 Å². The van der Waals surface area contributed by atoms with Gasteiger partial charge in [-0.3, -0.25) is 0 Å². The zero-order chi connectivity index (χ0) is 19.7. The summed E-state index contributed by atoms with van der Waals surface area (Å²) >= 11 is 7.35. The fourth-order valence-electron chi connectivity index (χ4n) is 2.14. The Morgan fingerprint density at radius 2 is 2.08 bits per heavy atom. The zero-order valence-electron chi connectivity index (χ0n) is 16.1. The minimum atomic E-state index is -0.415. The molecule has 1 aliphatic rings. The van der Waals surface area contributed by atoms with Crippen LogP contribution in [0, 0.1) is 0 Å². The third kappa shape index (κ3) is 8.23. The number of methoxy groups -OCH3 is 1. The van der Waals surface area contributed by atoms with Crippen LogP contribution in [0.1, 0.15) is 48.7 Å². The van der Waals surface area contributed by atoms with Crippen molar-refractivity contribution in [1.82, 2.24) is 4.90 Å². The van der Waals surface area contributed by atoms with Crippen LogP contribution < -0.4 is 0 Å². The van der Waals surface area contributed by atoms with E-state index in [2.05, 4.69) is 10.8 Å². The van der Waals surface area contributed by atoms with Crippen molar-refractivity contribution in [3.8, 4) is 0 Å². The molecule has 2 rings (SSSR count). The summed E-state index contributed by atoms with van der Waals surface area (Å²) in [6.07, 6.45) is 5.55. The Balaban J connectivity index is 0.000000260. The Labute approximate surface area is 164 Å². The lowest BCUT2D eigenvalue weighted by molar-refractivity contribution is 0.0295. The molecule has 1 unspecified atom stereocenters. The summed E-state index contributed by atoms with van der Waals surface area (Å²) in [4.78, 5) is 26.0. The number of rotatable bonds is 3. The van der Waals surface area contributed by atoms with Gasteiger partial charge in [0.05, 0.1) is 12.5 Å². The number of hydrogen-bond donors (Lipinski definition) is 0. The lowest BCUT2D eigenvalue weighted by atomic mass is 10.2. The molecule has 146 valence electrons. The van der Waals surface area contributed by atoms with Crippen molar-refractivity contribution < 1.29 is 19.1 Å². The first-order valence-corrected chi connectivity index (χ1v) is 9.81. The maximum atomic E-state index is 11.5. The summed E-state index contributed by atoms with van der Waals surface area (Å²) in [5, 5.41) is 0.0903. The van der Waals surface area contributed by atoms with Gasteiger partial charge < -0.3 is 14.4 Å². The molecule has 2 heterocycles. The summed E-state index contributed by atoms with van der Waals surface area (Å²) in [5.74, 6) is -0.253. The number of alkyl halides is 1. The maximum absolute atomic E-state index is 11.5. The molecule has 0 N–H and O–H groups in total. The first-order chi connectivity index (χ1) is 12.2. The highest BCUT2D eigenvalue weighted by molar-refractivity contribution is 7.13. The second-order valence-electron chi connectivity index (χ2n) is 6.84. The van der Waals surface area contributed by atoms with E-state index in [1.165, 1.54) is 23.3 Å². The van der Waals surface area contributed by atoms with E-state index in [4.69, 9.17) is 16.3 Å². The summed E-state index contributed by atoms with van der Waals surface area (Å²) in [6.45, 7) is 8.88. The molecule has 1 atom stereocenters. The average molecular weight is 402 g/mol. The Kier molecular flexibility index (Phi) is 9.16. The lowest BCUT2D eigenvalue weighted by Crippen LogP contribution is -2.35. The van der Waals surface area contributed by atoms with Crippen LogP contribution in [0.2, 0.25) is 0 Å². The Hall–Kier alpha value is -1.53. The highest BCUT2D eigenvalue weighted by Crippen LogP contribution is 2.19. The molecular formula is C19H28ClNO4S. The number of hydrogen-bond acceptors (Lipinski definition) is 5. The molecule has 1 amide bonds. The highest BCUT2D eigenvalue weighted by Gasteiger charge is 2.28. The monoisotopic (exact) mass is 401 g/mol. The van der Waals surface area contributed by atoms with Crippen LogP contribution >= 0.6 is 22.9 Å². The van der Waals surface area contributed by atoms with Crippen molar-refractivity contribution in [2.75, 3.05) is 20.2 Å². The number of allylic oxidation sites excluding steroid dienone is 2. The summed E-state index contributed by atoms with van der Waals surface area (Å²) < 4.78 is 9.81. The molecule has 5 nitrogen and oxygen atoms in total. The van der Waals surface area contributed by atoms with E-state index < -0.39 is 5.60 Å². The van der Waals surface area contributed by atoms with E-state index in [0.29, 0.717) is 18.0 Å². The van der Waals surface area contributed by atoms with E-state index in [1.807, 2.05) is 39.8 Å². The molecular weight excluding hydrogens is 374 g/mol. The number of thiophene rings is 1. The smallest absolute Gasteiger partial charge is 0.410 e. The molecule has 1 aromatic heterocycles. The van der Waals surface area contributed by atoms with Crippen LogP contribution in [0.15, 0.2) is 24.3 Å². The normalized spacial score (nSPS) is 17.0. The summed E-state index contributed by atoms with van der Waals surface area (Å²) in [7, 11) is 1.40. The van der Waals surface area contributed by atoms with Gasteiger partial charge in [-0.1, -0.05) is 12.2 Å². The average Bonchev–Trinajstić information content (AvgIpc) is 3.20. The van der Waals surface area contributed by atoms with Crippen LogP contribution in [-0.2, 0) is 15.9 Å². The highest BCUT2D eigenvalue weighted by atomic mass is 35.5. The van der Waals surface area contributed by atoms with Gasteiger partial charge >= 0.3 is 12.1 Å². The quantitative estimate of drug-likeness (QED) is 0.411. The lowest BCUT2D eigenvalue weighted by Gasteiger charge is -2.24. The van der Waals surface area contributed by atoms with E-state index in [1.54, 1.807) is 11.0 Å². The van der Waals surface area contributed by atoms with Crippen molar-refractivity contribution in [3.05, 3.63) is 34.0 Å². The van der Waals surface area contributed by atoms with E-state index >= 15 is 0 Å². The minimum absolute atomic E-state index is 0.0903. The third-order valence-corrected chi connectivity index (χ3v) is 4.83. The van der Waals surface area contributed by atoms with Gasteiger partial charge in [-0.15, -0.1) is 22.9 Å². The molecule has 1 fully saturated rings. The number of halogens is 1. The number of amides is 1. The van der Waals surface area contributed by atoms with Crippen molar-refractivity contribution in [3.63, 3.8) is 0 Å². The fraction of sp³-hybridized carbons (Fsp3) is 0.579. The van der Waals surface area contributed by atoms with Gasteiger partial charge in [-0.05, 0) is 52.7 Å². The number of carbonyl (C=O) groups excluding carboxylic acids is 2. The molecule has 7 heteroatoms. The molecule has 0 aliphatic carbocycles. The summed E-state index contributed by atoms with van der Waals surface area (Å²) in [6, 6.07) is 3.76. The molecule has 0 saturated carbocycles. The predicted octanol–water partition coefficient (Wildman–Crippen LogP) is 4.89. The molecule has 1 aliphatic heterocycles. The number of ether oxygens (including phenoxy) is 2. The SMILES string of the molecule is C/C=C/Cc1ccc(C(=O)OC)s1.CC(C)(C)OC(=O)N1CCC(Cl)C1. The molecule has 0 radical (unpaired) electrons. The Bertz CT molecular complexity index is 621. The maximum Gasteiger partial charge on any atom is 0.410 e. The van der Waals surface area contributed by atoms with Gasteiger partial charge in [0, 0.05) is 18.0 Å². The number of likely N-dealkylation sites (tertiary alicyclic amines) is 1. The molecule has 1 aromatic rings. The van der Waals surface area contributed by atoms with Gasteiger partial charge in [0.1, 0.15) is 10.5 Å². The first kappa shape index (κ1) is 22.5. The van der Waals surface area contributed by atoms with Crippen molar-refractivity contribution in [2.45, 2.75) is 51.5 Å². The molecule has 0 bridgehead atoms. The second-order valence-corrected chi connectivity index (χ2v) is 8.63. The number of carbonyl (C=O) groups is 2. The molecule has 26 heavy (non-hydrogen) atoms. The van der Waals surface area contributed by atoms with Crippen LogP contribution in [-0.4, -0.2) is 48.1 Å². The first-order valence-electron chi connectivity index (χ1n) is 8.56. The number of nitrogens with zero attached hydrogens (tertiary/aromatic N) is 1. The van der Waals surface area contributed by atoms with Crippen molar-refractivity contribution >= 4 is 35.0 Å². The van der Waals surface area contributed by atoms with Crippen LogP contribution in [0.5, 0.6) is 0 Å². The Morgan fingerprint density at radius 1 is 1.38 bits per heavy atom. The van der Waals surface area contributed by atoms with Crippen LogP contribution in [0.25, 0.3) is 0 Å². The second kappa shape index (κ2) is 10.6. The van der Waals surface area contributed by atoms with Gasteiger partial charge in [-0.25, -0.2) is 9.59 Å². The van der Waals surface area contributed by atoms with Crippen molar-refractivity contribution in [1.29, 1.82) is 0 Å². The summed E-state index contributed by atoms with van der Waals surface area (Å²) in [5.41, 5.74) is -0.415. The van der Waals surface area contributed by atoms with Crippen LogP contribution in [0.3, 0.4) is 0 Å². The van der Waals surface area contributed by atoms with Crippen LogP contribution in [0.4, 0.5) is 4.79 Å². The molecule has 0 spiro atoms. The number of esters is 1. The van der Waals surface area contributed by atoms with E-state index in [-0.39, 0.29) is 17.4 Å². The standard InChI is InChI=1S/C10H12O2S.C9H16ClNO2/c1-3-4-5-8-6-7-9(13-8)10(11)12-2;1-9(2,3)13-8(12)11-5-4-7(10)6-11/h3-4,6-7H,5H2,1-2H3;7H,4-6H2,1-3H3/b4-3+;. The topological polar surface area (TPSA) is 55.8 Å². The van der Waals surface area contributed by atoms with E-state index in [0.717, 1.165) is 12.8 Å². The molecule has 0 aromatic carbocycles. The Morgan fingerprint density at radius 3 is 2.58 bits per heavy atom. The van der Waals surface area contributed by atoms with Gasteiger partial charge in [0.25, 0.3) is 0 Å². The molecule has 1 saturated heterocycles. The fourth-order valence-corrected chi connectivity index (χ4v) is 3.31. The predicted molar refractivity (Wildman–Crippen MR) is 106 cm³/mol. The largest absolute Gasteiger partial charge is 0.465 e.